The molecule has 149 valence electrons. The lowest BCUT2D eigenvalue weighted by atomic mass is 9.97. The van der Waals surface area contributed by atoms with Gasteiger partial charge >= 0.3 is 8.56 Å². The summed E-state index contributed by atoms with van der Waals surface area (Å²) in [5, 5.41) is 10.1. The van der Waals surface area contributed by atoms with Crippen molar-refractivity contribution in [2.45, 2.75) is 82.6 Å². The van der Waals surface area contributed by atoms with Gasteiger partial charge in [0.25, 0.3) is 0 Å². The van der Waals surface area contributed by atoms with E-state index in [4.69, 9.17) is 18.3 Å². The van der Waals surface area contributed by atoms with E-state index >= 15 is 0 Å². The Kier molecular flexibility index (Phi) is 10.8. The Balaban J connectivity index is 0.000000271. The summed E-state index contributed by atoms with van der Waals surface area (Å²) in [6.45, 7) is 5.34. The Labute approximate surface area is 155 Å². The Morgan fingerprint density at radius 1 is 1.20 bits per heavy atom. The van der Waals surface area contributed by atoms with Gasteiger partial charge in [0.05, 0.1) is 19.3 Å². The summed E-state index contributed by atoms with van der Waals surface area (Å²) in [4.78, 5) is 0. The molecular weight excluding hydrogens is 336 g/mol. The van der Waals surface area contributed by atoms with Crippen LogP contribution in [0.3, 0.4) is 0 Å². The molecule has 0 aliphatic carbocycles. The van der Waals surface area contributed by atoms with Crippen molar-refractivity contribution in [2.75, 3.05) is 34.5 Å². The Morgan fingerprint density at radius 3 is 2.32 bits per heavy atom. The molecule has 2 aliphatic rings. The van der Waals surface area contributed by atoms with E-state index in [1.807, 2.05) is 0 Å². The van der Waals surface area contributed by atoms with Gasteiger partial charge in [0.1, 0.15) is 5.22 Å². The average molecular weight is 376 g/mol. The minimum atomic E-state index is -2.15. The highest BCUT2D eigenvalue weighted by Gasteiger charge is 2.58. The summed E-state index contributed by atoms with van der Waals surface area (Å²) in [6.07, 6.45) is 9.27. The summed E-state index contributed by atoms with van der Waals surface area (Å²) in [5.74, 6) is 0.616. The lowest BCUT2D eigenvalue weighted by Gasteiger charge is -2.47. The maximum Gasteiger partial charge on any atom is 0.370 e. The molecule has 2 fully saturated rings. The fourth-order valence-electron chi connectivity index (χ4n) is 4.16. The van der Waals surface area contributed by atoms with E-state index in [9.17, 15) is 5.11 Å². The van der Waals surface area contributed by atoms with Crippen molar-refractivity contribution in [3.8, 4) is 0 Å². The molecule has 0 aromatic carbocycles. The molecule has 0 bridgehead atoms. The lowest BCUT2D eigenvalue weighted by molar-refractivity contribution is -0.0149. The van der Waals surface area contributed by atoms with Gasteiger partial charge in [-0.05, 0) is 37.6 Å². The lowest BCUT2D eigenvalue weighted by Crippen LogP contribution is -2.64. The minimum Gasteiger partial charge on any atom is -0.396 e. The molecule has 3 unspecified atom stereocenters. The number of methoxy groups -OCH3 is 1. The van der Waals surface area contributed by atoms with Crippen molar-refractivity contribution in [1.82, 2.24) is 0 Å². The molecule has 1 radical (unpaired) electrons. The van der Waals surface area contributed by atoms with E-state index in [2.05, 4.69) is 13.8 Å². The number of hydrogen-bond donors (Lipinski definition) is 0. The maximum absolute atomic E-state index is 10.3. The molecule has 2 heterocycles. The predicted octanol–water partition coefficient (Wildman–Crippen LogP) is 4.25. The normalized spacial score (nSPS) is 28.8. The highest BCUT2D eigenvalue weighted by molar-refractivity contribution is 6.70. The predicted molar refractivity (Wildman–Crippen MR) is 101 cm³/mol. The fourth-order valence-corrected chi connectivity index (χ4v) is 8.15. The molecule has 0 aromatic rings. The third-order valence-electron chi connectivity index (χ3n) is 5.84. The van der Waals surface area contributed by atoms with E-state index in [1.54, 1.807) is 21.3 Å². The molecule has 3 atom stereocenters. The second kappa shape index (κ2) is 11.7. The first kappa shape index (κ1) is 23.1. The summed E-state index contributed by atoms with van der Waals surface area (Å²) < 4.78 is 22.5. The van der Waals surface area contributed by atoms with Gasteiger partial charge in [0, 0.05) is 21.3 Å². The molecule has 2 rings (SSSR count). The summed E-state index contributed by atoms with van der Waals surface area (Å²) in [7, 11) is 3.22. The zero-order valence-electron chi connectivity index (χ0n) is 17.0. The number of rotatable bonds is 10. The topological polar surface area (TPSA) is 60.1 Å². The van der Waals surface area contributed by atoms with Crippen molar-refractivity contribution in [3.05, 3.63) is 0 Å². The number of hydrogen-bond acceptors (Lipinski definition) is 4. The smallest absolute Gasteiger partial charge is 0.370 e. The van der Waals surface area contributed by atoms with Gasteiger partial charge in [0.15, 0.2) is 0 Å². The first-order chi connectivity index (χ1) is 12.1. The highest BCUT2D eigenvalue weighted by Crippen LogP contribution is 2.42. The van der Waals surface area contributed by atoms with Crippen molar-refractivity contribution in [2.24, 2.45) is 5.92 Å². The van der Waals surface area contributed by atoms with Crippen LogP contribution >= 0.6 is 0 Å². The van der Waals surface area contributed by atoms with Gasteiger partial charge in [-0.3, -0.25) is 0 Å². The van der Waals surface area contributed by atoms with Gasteiger partial charge in [-0.1, -0.05) is 39.5 Å². The van der Waals surface area contributed by atoms with Crippen LogP contribution < -0.4 is 0 Å². The van der Waals surface area contributed by atoms with Gasteiger partial charge in [0.2, 0.25) is 0 Å². The van der Waals surface area contributed by atoms with E-state index in [1.165, 1.54) is 12.8 Å². The first-order valence-corrected chi connectivity index (χ1v) is 11.9. The van der Waals surface area contributed by atoms with Crippen LogP contribution in [-0.4, -0.2) is 54.4 Å². The van der Waals surface area contributed by atoms with Gasteiger partial charge < -0.3 is 18.3 Å². The van der Waals surface area contributed by atoms with Crippen LogP contribution in [0.4, 0.5) is 0 Å². The first-order valence-electron chi connectivity index (χ1n) is 9.92. The Hall–Kier alpha value is 0.0169. The zero-order valence-corrected chi connectivity index (χ0v) is 18.0. The highest BCUT2D eigenvalue weighted by atomic mass is 28.4. The molecule has 2 aliphatic heterocycles. The van der Waals surface area contributed by atoms with Crippen molar-refractivity contribution in [1.29, 1.82) is 0 Å². The van der Waals surface area contributed by atoms with E-state index in [-0.39, 0.29) is 11.8 Å². The second-order valence-electron chi connectivity index (χ2n) is 7.27. The Bertz CT molecular complexity index is 343. The van der Waals surface area contributed by atoms with Crippen LogP contribution in [0.5, 0.6) is 0 Å². The van der Waals surface area contributed by atoms with E-state index in [0.29, 0.717) is 12.0 Å². The summed E-state index contributed by atoms with van der Waals surface area (Å²) in [5.41, 5.74) is 0. The van der Waals surface area contributed by atoms with Crippen LogP contribution in [0.25, 0.3) is 0 Å². The number of ether oxygens (including phenoxy) is 2. The maximum atomic E-state index is 10.3. The van der Waals surface area contributed by atoms with Crippen molar-refractivity contribution < 1.29 is 23.4 Å². The van der Waals surface area contributed by atoms with E-state index in [0.717, 1.165) is 51.2 Å². The third-order valence-corrected chi connectivity index (χ3v) is 10.3. The molecule has 0 amide bonds. The molecule has 2 saturated heterocycles. The van der Waals surface area contributed by atoms with Crippen LogP contribution in [0.1, 0.15) is 65.2 Å². The minimum absolute atomic E-state index is 0.0746. The molecule has 25 heavy (non-hydrogen) atoms. The standard InChI is InChI=1S/C11H24O3Si.C8H15O2/c1-5-8-11(12-2)9-6-7-10-15(11,13-3)14-4;1-2-7(3-4-9)5-8-6-10-8/h5-10H2,1-4H3;7-8H,2-6H2,1H3. The molecule has 0 spiro atoms. The quantitative estimate of drug-likeness (QED) is 0.423. The largest absolute Gasteiger partial charge is 0.396 e. The monoisotopic (exact) mass is 375 g/mol. The van der Waals surface area contributed by atoms with Crippen molar-refractivity contribution >= 4 is 8.56 Å². The second-order valence-corrected chi connectivity index (χ2v) is 11.0. The fraction of sp³-hybridized carbons (Fsp3) is 1.00. The SMILES string of the molecule is CCC(CC[O])CC1CO1.CCCC1(OC)CCCC[Si]1(OC)OC. The third kappa shape index (κ3) is 6.29. The van der Waals surface area contributed by atoms with Crippen LogP contribution in [0.2, 0.25) is 6.04 Å². The summed E-state index contributed by atoms with van der Waals surface area (Å²) in [6, 6.07) is 1.06. The molecule has 0 N–H and O–H groups in total. The van der Waals surface area contributed by atoms with Crippen LogP contribution in [0, 0.1) is 5.92 Å². The average Bonchev–Trinajstić information content (AvgIpc) is 3.46. The van der Waals surface area contributed by atoms with Crippen LogP contribution in [-0.2, 0) is 23.4 Å². The number of epoxide rings is 1. The molecular formula is C19H39O5Si. The molecule has 5 nitrogen and oxygen atoms in total. The van der Waals surface area contributed by atoms with Gasteiger partial charge in [-0.2, -0.15) is 0 Å². The molecule has 6 heteroatoms. The van der Waals surface area contributed by atoms with E-state index < -0.39 is 8.56 Å². The molecule has 0 aromatic heterocycles. The zero-order chi connectivity index (χ0) is 18.8. The van der Waals surface area contributed by atoms with Crippen LogP contribution in [0.15, 0.2) is 0 Å². The summed E-state index contributed by atoms with van der Waals surface area (Å²) >= 11 is 0. The Morgan fingerprint density at radius 2 is 1.88 bits per heavy atom. The van der Waals surface area contributed by atoms with Crippen molar-refractivity contribution in [3.63, 3.8) is 0 Å². The van der Waals surface area contributed by atoms with Gasteiger partial charge in [-0.25, -0.2) is 5.11 Å². The molecule has 0 saturated carbocycles. The van der Waals surface area contributed by atoms with Gasteiger partial charge in [-0.15, -0.1) is 0 Å².